The van der Waals surface area contributed by atoms with Gasteiger partial charge in [-0.15, -0.1) is 0 Å². The second-order valence-electron chi connectivity index (χ2n) is 5.01. The summed E-state index contributed by atoms with van der Waals surface area (Å²) >= 11 is 0. The first-order valence-electron chi connectivity index (χ1n) is 6.65. The van der Waals surface area contributed by atoms with E-state index in [1.807, 2.05) is 0 Å². The average molecular weight is 239 g/mol. The SMILES string of the molecule is O=C(CN1CCCCCCC1=O)C1CCOC1. The molecule has 2 saturated heterocycles. The van der Waals surface area contributed by atoms with Gasteiger partial charge in [-0.1, -0.05) is 12.8 Å². The van der Waals surface area contributed by atoms with Crippen molar-refractivity contribution in [2.75, 3.05) is 26.3 Å². The van der Waals surface area contributed by atoms with Gasteiger partial charge in [0.05, 0.1) is 13.2 Å². The number of amides is 1. The fraction of sp³-hybridized carbons (Fsp3) is 0.846. The van der Waals surface area contributed by atoms with Gasteiger partial charge in [0, 0.05) is 25.5 Å². The topological polar surface area (TPSA) is 46.6 Å². The van der Waals surface area contributed by atoms with Crippen LogP contribution in [0.5, 0.6) is 0 Å². The molecule has 0 aromatic rings. The molecule has 17 heavy (non-hydrogen) atoms. The Morgan fingerprint density at radius 3 is 2.88 bits per heavy atom. The minimum atomic E-state index is 0.0215. The van der Waals surface area contributed by atoms with Crippen LogP contribution in [0.3, 0.4) is 0 Å². The van der Waals surface area contributed by atoms with Gasteiger partial charge in [-0.25, -0.2) is 0 Å². The molecule has 0 spiro atoms. The second kappa shape index (κ2) is 6.15. The third-order valence-corrected chi connectivity index (χ3v) is 3.65. The molecule has 0 aromatic heterocycles. The van der Waals surface area contributed by atoms with Gasteiger partial charge in [0.25, 0.3) is 0 Å². The number of carbonyl (C=O) groups is 2. The van der Waals surface area contributed by atoms with Crippen LogP contribution in [0.1, 0.15) is 38.5 Å². The molecule has 2 rings (SSSR count). The number of carbonyl (C=O) groups excluding carboxylic acids is 2. The first kappa shape index (κ1) is 12.6. The van der Waals surface area contributed by atoms with Crippen molar-refractivity contribution in [3.63, 3.8) is 0 Å². The Kier molecular flexibility index (Phi) is 4.54. The van der Waals surface area contributed by atoms with E-state index < -0.39 is 0 Å². The standard InChI is InChI=1S/C13H21NO3/c15-12(11-6-8-17-10-11)9-14-7-4-2-1-3-5-13(14)16/h11H,1-10H2. The predicted octanol–water partition coefficient (Wildman–Crippen LogP) is 1.38. The molecule has 0 aromatic carbocycles. The molecule has 0 saturated carbocycles. The minimum absolute atomic E-state index is 0.0215. The number of ether oxygens (including phenoxy) is 1. The third kappa shape index (κ3) is 3.53. The number of nitrogens with zero attached hydrogens (tertiary/aromatic N) is 1. The first-order valence-corrected chi connectivity index (χ1v) is 6.65. The fourth-order valence-electron chi connectivity index (χ4n) is 2.49. The third-order valence-electron chi connectivity index (χ3n) is 3.65. The maximum Gasteiger partial charge on any atom is 0.222 e. The van der Waals surface area contributed by atoms with Gasteiger partial charge < -0.3 is 9.64 Å². The number of rotatable bonds is 3. The summed E-state index contributed by atoms with van der Waals surface area (Å²) in [5, 5.41) is 0. The molecule has 0 bridgehead atoms. The van der Waals surface area contributed by atoms with Crippen molar-refractivity contribution in [1.82, 2.24) is 4.90 Å². The number of ketones is 1. The lowest BCUT2D eigenvalue weighted by atomic mass is 10.0. The zero-order valence-electron chi connectivity index (χ0n) is 10.3. The number of hydrogen-bond donors (Lipinski definition) is 0. The summed E-state index contributed by atoms with van der Waals surface area (Å²) in [4.78, 5) is 25.6. The summed E-state index contributed by atoms with van der Waals surface area (Å²) in [5.41, 5.74) is 0. The lowest BCUT2D eigenvalue weighted by molar-refractivity contribution is -0.137. The van der Waals surface area contributed by atoms with Crippen LogP contribution in [-0.4, -0.2) is 42.9 Å². The lowest BCUT2D eigenvalue weighted by Crippen LogP contribution is -2.39. The highest BCUT2D eigenvalue weighted by Crippen LogP contribution is 2.16. The van der Waals surface area contributed by atoms with E-state index >= 15 is 0 Å². The summed E-state index contributed by atoms with van der Waals surface area (Å²) in [6.45, 7) is 2.27. The van der Waals surface area contributed by atoms with Crippen molar-refractivity contribution in [2.45, 2.75) is 38.5 Å². The van der Waals surface area contributed by atoms with Crippen LogP contribution in [0, 0.1) is 5.92 Å². The Morgan fingerprint density at radius 2 is 2.12 bits per heavy atom. The van der Waals surface area contributed by atoms with Gasteiger partial charge in [0.1, 0.15) is 0 Å². The summed E-state index contributed by atoms with van der Waals surface area (Å²) in [6, 6.07) is 0. The van der Waals surface area contributed by atoms with Gasteiger partial charge in [-0.2, -0.15) is 0 Å². The minimum Gasteiger partial charge on any atom is -0.381 e. The number of likely N-dealkylation sites (tertiary alicyclic amines) is 1. The summed E-state index contributed by atoms with van der Waals surface area (Å²) in [5.74, 6) is 0.349. The highest BCUT2D eigenvalue weighted by molar-refractivity contribution is 5.87. The van der Waals surface area contributed by atoms with Crippen molar-refractivity contribution in [2.24, 2.45) is 5.92 Å². The zero-order chi connectivity index (χ0) is 12.1. The van der Waals surface area contributed by atoms with E-state index in [0.717, 1.165) is 32.2 Å². The molecule has 0 aliphatic carbocycles. The molecule has 2 aliphatic rings. The highest BCUT2D eigenvalue weighted by Gasteiger charge is 2.26. The molecular weight excluding hydrogens is 218 g/mol. The van der Waals surface area contributed by atoms with Crippen molar-refractivity contribution < 1.29 is 14.3 Å². The van der Waals surface area contributed by atoms with Crippen molar-refractivity contribution in [3.8, 4) is 0 Å². The predicted molar refractivity (Wildman–Crippen MR) is 63.6 cm³/mol. The highest BCUT2D eigenvalue weighted by atomic mass is 16.5. The van der Waals surface area contributed by atoms with Crippen molar-refractivity contribution in [1.29, 1.82) is 0 Å². The second-order valence-corrected chi connectivity index (χ2v) is 5.01. The van der Waals surface area contributed by atoms with E-state index in [2.05, 4.69) is 0 Å². The van der Waals surface area contributed by atoms with E-state index in [1.165, 1.54) is 6.42 Å². The van der Waals surface area contributed by atoms with Gasteiger partial charge >= 0.3 is 0 Å². The molecule has 1 unspecified atom stereocenters. The van der Waals surface area contributed by atoms with Crippen LogP contribution in [-0.2, 0) is 14.3 Å². The molecule has 4 heteroatoms. The van der Waals surface area contributed by atoms with Crippen LogP contribution in [0.25, 0.3) is 0 Å². The molecule has 1 amide bonds. The Hall–Kier alpha value is -0.900. The van der Waals surface area contributed by atoms with Crippen LogP contribution in [0.15, 0.2) is 0 Å². The zero-order valence-corrected chi connectivity index (χ0v) is 10.3. The normalized spacial score (nSPS) is 26.7. The van der Waals surface area contributed by atoms with E-state index in [0.29, 0.717) is 26.2 Å². The van der Waals surface area contributed by atoms with E-state index in [1.54, 1.807) is 4.90 Å². The van der Waals surface area contributed by atoms with Crippen LogP contribution in [0.4, 0.5) is 0 Å². The number of Topliss-reactive ketones (excluding diaryl/α,β-unsaturated/α-hetero) is 1. The Labute approximate surface area is 102 Å². The van der Waals surface area contributed by atoms with Crippen molar-refractivity contribution in [3.05, 3.63) is 0 Å². The van der Waals surface area contributed by atoms with E-state index in [-0.39, 0.29) is 17.6 Å². The largest absolute Gasteiger partial charge is 0.381 e. The van der Waals surface area contributed by atoms with Crippen LogP contribution in [0.2, 0.25) is 0 Å². The summed E-state index contributed by atoms with van der Waals surface area (Å²) in [6.07, 6.45) is 5.74. The maximum atomic E-state index is 12.0. The maximum absolute atomic E-state index is 12.0. The molecule has 0 radical (unpaired) electrons. The van der Waals surface area contributed by atoms with Gasteiger partial charge in [0.2, 0.25) is 5.91 Å². The van der Waals surface area contributed by atoms with Crippen molar-refractivity contribution >= 4 is 11.7 Å². The van der Waals surface area contributed by atoms with Crippen LogP contribution < -0.4 is 0 Å². The summed E-state index contributed by atoms with van der Waals surface area (Å²) in [7, 11) is 0. The molecule has 2 fully saturated rings. The average Bonchev–Trinajstić information content (AvgIpc) is 2.82. The molecule has 2 aliphatic heterocycles. The Balaban J connectivity index is 1.86. The molecule has 1 atom stereocenters. The smallest absolute Gasteiger partial charge is 0.222 e. The van der Waals surface area contributed by atoms with E-state index in [4.69, 9.17) is 4.74 Å². The van der Waals surface area contributed by atoms with E-state index in [9.17, 15) is 9.59 Å². The first-order chi connectivity index (χ1) is 8.27. The quantitative estimate of drug-likeness (QED) is 0.747. The summed E-state index contributed by atoms with van der Waals surface area (Å²) < 4.78 is 5.21. The molecule has 96 valence electrons. The number of hydrogen-bond acceptors (Lipinski definition) is 3. The monoisotopic (exact) mass is 239 g/mol. The van der Waals surface area contributed by atoms with Gasteiger partial charge in [-0.3, -0.25) is 9.59 Å². The lowest BCUT2D eigenvalue weighted by Gasteiger charge is -2.25. The molecule has 4 nitrogen and oxygen atoms in total. The fourth-order valence-corrected chi connectivity index (χ4v) is 2.49. The van der Waals surface area contributed by atoms with Gasteiger partial charge in [-0.05, 0) is 19.3 Å². The molecule has 2 heterocycles. The van der Waals surface area contributed by atoms with Crippen LogP contribution >= 0.6 is 0 Å². The van der Waals surface area contributed by atoms with Gasteiger partial charge in [0.15, 0.2) is 5.78 Å². The Morgan fingerprint density at radius 1 is 1.29 bits per heavy atom. The molecular formula is C13H21NO3. The Bertz CT molecular complexity index is 284. The molecule has 0 N–H and O–H groups in total.